The van der Waals surface area contributed by atoms with Gasteiger partial charge in [-0.15, -0.1) is 0 Å². The molecular weight excluding hydrogens is 337 g/mol. The molecule has 0 amide bonds. The van der Waals surface area contributed by atoms with Gasteiger partial charge in [-0.1, -0.05) is 24.3 Å². The molecular formula is C22H17F3O. The van der Waals surface area contributed by atoms with Crippen molar-refractivity contribution in [3.63, 3.8) is 0 Å². The van der Waals surface area contributed by atoms with Crippen LogP contribution in [0, 0.1) is 13.8 Å². The molecule has 4 rings (SSSR count). The van der Waals surface area contributed by atoms with Gasteiger partial charge in [-0.05, 0) is 77.6 Å². The van der Waals surface area contributed by atoms with E-state index in [0.29, 0.717) is 0 Å². The normalized spacial score (nSPS) is 13.7. The first kappa shape index (κ1) is 16.7. The first-order valence-corrected chi connectivity index (χ1v) is 8.40. The number of alkyl halides is 3. The summed E-state index contributed by atoms with van der Waals surface area (Å²) in [4.78, 5) is 0. The molecule has 1 nitrogen and oxygen atoms in total. The SMILES string of the molecule is Cc1ccc(C2=Cc3c(ccc(C)c3-c3ccc(C(F)(F)F)cc3)C2)o1. The largest absolute Gasteiger partial charge is 0.462 e. The van der Waals surface area contributed by atoms with E-state index in [4.69, 9.17) is 4.42 Å². The molecule has 132 valence electrons. The highest BCUT2D eigenvalue weighted by Crippen LogP contribution is 2.40. The Kier molecular flexibility index (Phi) is 3.79. The summed E-state index contributed by atoms with van der Waals surface area (Å²) >= 11 is 0. The van der Waals surface area contributed by atoms with E-state index >= 15 is 0 Å². The van der Waals surface area contributed by atoms with Crippen LogP contribution in [0.25, 0.3) is 22.8 Å². The molecule has 3 aromatic rings. The number of hydrogen-bond donors (Lipinski definition) is 0. The number of allylic oxidation sites excluding steroid dienone is 1. The van der Waals surface area contributed by atoms with E-state index < -0.39 is 11.7 Å². The lowest BCUT2D eigenvalue weighted by Gasteiger charge is -2.13. The molecule has 0 fully saturated rings. The van der Waals surface area contributed by atoms with E-state index in [-0.39, 0.29) is 0 Å². The van der Waals surface area contributed by atoms with Crippen molar-refractivity contribution in [2.45, 2.75) is 26.4 Å². The Morgan fingerprint density at radius 1 is 0.885 bits per heavy atom. The van der Waals surface area contributed by atoms with Crippen LogP contribution in [0.3, 0.4) is 0 Å². The summed E-state index contributed by atoms with van der Waals surface area (Å²) in [5.41, 5.74) is 5.50. The highest BCUT2D eigenvalue weighted by Gasteiger charge is 2.30. The lowest BCUT2D eigenvalue weighted by Crippen LogP contribution is -2.04. The standard InChI is InChI=1S/C22H17F3O/c1-13-3-5-16-11-17(20-10-4-14(2)26-20)12-19(16)21(13)15-6-8-18(9-7-15)22(23,24)25/h3-10,12H,11H2,1-2H3. The predicted molar refractivity (Wildman–Crippen MR) is 96.6 cm³/mol. The van der Waals surface area contributed by atoms with Crippen molar-refractivity contribution < 1.29 is 17.6 Å². The number of rotatable bonds is 2. The summed E-state index contributed by atoms with van der Waals surface area (Å²) in [6, 6.07) is 13.4. The third-order valence-corrected chi connectivity index (χ3v) is 4.80. The molecule has 0 saturated heterocycles. The van der Waals surface area contributed by atoms with Crippen LogP contribution in [0.15, 0.2) is 52.9 Å². The molecule has 2 aromatic carbocycles. The first-order valence-electron chi connectivity index (χ1n) is 8.40. The van der Waals surface area contributed by atoms with Gasteiger partial charge in [-0.3, -0.25) is 0 Å². The average Bonchev–Trinajstić information content (AvgIpc) is 3.20. The van der Waals surface area contributed by atoms with Crippen LogP contribution in [-0.2, 0) is 12.6 Å². The maximum atomic E-state index is 12.8. The van der Waals surface area contributed by atoms with Crippen molar-refractivity contribution in [3.8, 4) is 11.1 Å². The summed E-state index contributed by atoms with van der Waals surface area (Å²) < 4.78 is 44.3. The second kappa shape index (κ2) is 5.90. The second-order valence-electron chi connectivity index (χ2n) is 6.66. The van der Waals surface area contributed by atoms with E-state index in [1.807, 2.05) is 32.0 Å². The quantitative estimate of drug-likeness (QED) is 0.500. The van der Waals surface area contributed by atoms with Crippen molar-refractivity contribution in [2.75, 3.05) is 0 Å². The second-order valence-corrected chi connectivity index (χ2v) is 6.66. The third kappa shape index (κ3) is 2.85. The maximum Gasteiger partial charge on any atom is 0.416 e. The van der Waals surface area contributed by atoms with Gasteiger partial charge in [-0.25, -0.2) is 0 Å². The lowest BCUT2D eigenvalue weighted by molar-refractivity contribution is -0.137. The zero-order valence-electron chi connectivity index (χ0n) is 14.4. The van der Waals surface area contributed by atoms with Crippen LogP contribution in [-0.4, -0.2) is 0 Å². The van der Waals surface area contributed by atoms with E-state index in [2.05, 4.69) is 12.1 Å². The van der Waals surface area contributed by atoms with E-state index in [0.717, 1.165) is 63.5 Å². The number of benzene rings is 2. The Balaban J connectivity index is 1.80. The Hall–Kier alpha value is -2.75. The van der Waals surface area contributed by atoms with Crippen molar-refractivity contribution in [2.24, 2.45) is 0 Å². The van der Waals surface area contributed by atoms with Crippen LogP contribution >= 0.6 is 0 Å². The van der Waals surface area contributed by atoms with Crippen LogP contribution in [0.5, 0.6) is 0 Å². The van der Waals surface area contributed by atoms with E-state index in [1.165, 1.54) is 0 Å². The van der Waals surface area contributed by atoms with Crippen molar-refractivity contribution in [1.82, 2.24) is 0 Å². The summed E-state index contributed by atoms with van der Waals surface area (Å²) in [5, 5.41) is 0. The van der Waals surface area contributed by atoms with Gasteiger partial charge in [0.2, 0.25) is 0 Å². The van der Waals surface area contributed by atoms with Crippen LogP contribution in [0.1, 0.15) is 33.8 Å². The molecule has 1 heterocycles. The number of fused-ring (bicyclic) bond motifs is 1. The van der Waals surface area contributed by atoms with Gasteiger partial charge in [0.15, 0.2) is 0 Å². The summed E-state index contributed by atoms with van der Waals surface area (Å²) in [5.74, 6) is 1.70. The molecule has 1 aromatic heterocycles. The summed E-state index contributed by atoms with van der Waals surface area (Å²) in [6.07, 6.45) is -1.47. The van der Waals surface area contributed by atoms with Crippen LogP contribution < -0.4 is 0 Å². The maximum absolute atomic E-state index is 12.8. The molecule has 26 heavy (non-hydrogen) atoms. The topological polar surface area (TPSA) is 13.1 Å². The molecule has 0 bridgehead atoms. The zero-order chi connectivity index (χ0) is 18.5. The Morgan fingerprint density at radius 3 is 2.23 bits per heavy atom. The van der Waals surface area contributed by atoms with E-state index in [1.54, 1.807) is 12.1 Å². The van der Waals surface area contributed by atoms with Gasteiger partial charge in [0.1, 0.15) is 11.5 Å². The van der Waals surface area contributed by atoms with Gasteiger partial charge < -0.3 is 4.42 Å². The average molecular weight is 354 g/mol. The van der Waals surface area contributed by atoms with Crippen molar-refractivity contribution in [3.05, 3.63) is 82.3 Å². The molecule has 0 aliphatic heterocycles. The van der Waals surface area contributed by atoms with Gasteiger partial charge in [-0.2, -0.15) is 13.2 Å². The highest BCUT2D eigenvalue weighted by atomic mass is 19.4. The minimum Gasteiger partial charge on any atom is -0.462 e. The molecule has 0 atom stereocenters. The molecule has 0 unspecified atom stereocenters. The van der Waals surface area contributed by atoms with Crippen molar-refractivity contribution in [1.29, 1.82) is 0 Å². The minimum atomic E-state index is -4.32. The Bertz CT molecular complexity index is 1000. The molecule has 0 saturated carbocycles. The summed E-state index contributed by atoms with van der Waals surface area (Å²) in [6.45, 7) is 3.89. The molecule has 0 N–H and O–H groups in total. The lowest BCUT2D eigenvalue weighted by atomic mass is 9.92. The highest BCUT2D eigenvalue weighted by molar-refractivity contribution is 5.93. The van der Waals surface area contributed by atoms with Gasteiger partial charge in [0.25, 0.3) is 0 Å². The van der Waals surface area contributed by atoms with E-state index in [9.17, 15) is 13.2 Å². The summed E-state index contributed by atoms with van der Waals surface area (Å²) in [7, 11) is 0. The monoisotopic (exact) mass is 354 g/mol. The zero-order valence-corrected chi connectivity index (χ0v) is 14.4. The molecule has 0 spiro atoms. The number of halogens is 3. The molecule has 1 aliphatic carbocycles. The van der Waals surface area contributed by atoms with Gasteiger partial charge in [0.05, 0.1) is 5.56 Å². The minimum absolute atomic E-state index is 0.631. The smallest absolute Gasteiger partial charge is 0.416 e. The van der Waals surface area contributed by atoms with Gasteiger partial charge >= 0.3 is 6.18 Å². The number of hydrogen-bond acceptors (Lipinski definition) is 1. The van der Waals surface area contributed by atoms with Gasteiger partial charge in [0, 0.05) is 6.42 Å². The fourth-order valence-electron chi connectivity index (χ4n) is 3.50. The van der Waals surface area contributed by atoms with Crippen molar-refractivity contribution >= 4 is 11.6 Å². The number of furan rings is 1. The first-order chi connectivity index (χ1) is 12.3. The Morgan fingerprint density at radius 2 is 1.62 bits per heavy atom. The molecule has 4 heteroatoms. The van der Waals surface area contributed by atoms with Crippen LogP contribution in [0.2, 0.25) is 0 Å². The molecule has 1 aliphatic rings. The fourth-order valence-corrected chi connectivity index (χ4v) is 3.50. The molecule has 0 radical (unpaired) electrons. The predicted octanol–water partition coefficient (Wildman–Crippen LogP) is 6.68. The number of aryl methyl sites for hydroxylation is 2. The van der Waals surface area contributed by atoms with Crippen LogP contribution in [0.4, 0.5) is 13.2 Å². The fraction of sp³-hybridized carbons (Fsp3) is 0.182. The third-order valence-electron chi connectivity index (χ3n) is 4.80. The Labute approximate surface area is 149 Å².